The molecule has 4 atom stereocenters. The zero-order valence-corrected chi connectivity index (χ0v) is 20.6. The fourth-order valence-corrected chi connectivity index (χ4v) is 6.90. The highest BCUT2D eigenvalue weighted by molar-refractivity contribution is 7.89. The standard InChI is InChI=1S/C26H35N3O3S/c1-18-14-19(2)17-29(16-18)33(31,32)22-11-12-24-23(15-22)20(3)25(28-24)26(30)27-13-7-10-21-8-5-4-6-9-21/h4-6,8-9,11-12,15,18-20,25,28H,7,10,13-14,16-17H2,1-3H3,(H,27,30). The van der Waals surface area contributed by atoms with Crippen molar-refractivity contribution in [1.29, 1.82) is 0 Å². The van der Waals surface area contributed by atoms with Crippen LogP contribution in [-0.4, -0.2) is 44.3 Å². The van der Waals surface area contributed by atoms with E-state index in [9.17, 15) is 13.2 Å². The molecular weight excluding hydrogens is 434 g/mol. The molecule has 33 heavy (non-hydrogen) atoms. The third-order valence-corrected chi connectivity index (χ3v) is 8.69. The van der Waals surface area contributed by atoms with Gasteiger partial charge in [-0.2, -0.15) is 4.31 Å². The second-order valence-electron chi connectivity index (χ2n) is 9.81. The maximum atomic E-state index is 13.3. The molecule has 0 spiro atoms. The number of nitrogens with zero attached hydrogens (tertiary/aromatic N) is 1. The van der Waals surface area contributed by atoms with E-state index in [1.165, 1.54) is 5.56 Å². The SMILES string of the molecule is CC1CC(C)CN(S(=O)(=O)c2ccc3c(c2)C(C)C(C(=O)NCCCc2ccccc2)N3)C1. The van der Waals surface area contributed by atoms with E-state index in [4.69, 9.17) is 0 Å². The minimum absolute atomic E-state index is 0.0464. The molecule has 0 radical (unpaired) electrons. The molecule has 2 aliphatic rings. The molecule has 2 aromatic rings. The summed E-state index contributed by atoms with van der Waals surface area (Å²) >= 11 is 0. The molecule has 6 nitrogen and oxygen atoms in total. The maximum Gasteiger partial charge on any atom is 0.243 e. The summed E-state index contributed by atoms with van der Waals surface area (Å²) in [5.41, 5.74) is 2.99. The topological polar surface area (TPSA) is 78.5 Å². The first kappa shape index (κ1) is 23.8. The summed E-state index contributed by atoms with van der Waals surface area (Å²) in [7, 11) is -3.55. The van der Waals surface area contributed by atoms with Crippen LogP contribution in [0.5, 0.6) is 0 Å². The number of benzene rings is 2. The molecule has 4 unspecified atom stereocenters. The highest BCUT2D eigenvalue weighted by Gasteiger charge is 2.36. The third-order valence-electron chi connectivity index (χ3n) is 6.86. The molecule has 4 rings (SSSR count). The van der Waals surface area contributed by atoms with Crippen LogP contribution >= 0.6 is 0 Å². The van der Waals surface area contributed by atoms with Gasteiger partial charge in [-0.3, -0.25) is 4.79 Å². The van der Waals surface area contributed by atoms with Crippen molar-refractivity contribution in [1.82, 2.24) is 9.62 Å². The van der Waals surface area contributed by atoms with Crippen molar-refractivity contribution < 1.29 is 13.2 Å². The highest BCUT2D eigenvalue weighted by Crippen LogP contribution is 2.38. The summed E-state index contributed by atoms with van der Waals surface area (Å²) in [6.45, 7) is 7.93. The van der Waals surface area contributed by atoms with E-state index in [-0.39, 0.29) is 11.8 Å². The molecule has 1 saturated heterocycles. The Morgan fingerprint density at radius 2 is 1.76 bits per heavy atom. The highest BCUT2D eigenvalue weighted by atomic mass is 32.2. The van der Waals surface area contributed by atoms with Crippen LogP contribution in [0.15, 0.2) is 53.4 Å². The van der Waals surface area contributed by atoms with E-state index in [1.54, 1.807) is 22.5 Å². The summed E-state index contributed by atoms with van der Waals surface area (Å²) < 4.78 is 28.3. The van der Waals surface area contributed by atoms with Crippen LogP contribution in [0.1, 0.15) is 50.7 Å². The van der Waals surface area contributed by atoms with Gasteiger partial charge in [0.05, 0.1) is 4.90 Å². The van der Waals surface area contributed by atoms with Crippen LogP contribution in [-0.2, 0) is 21.2 Å². The van der Waals surface area contributed by atoms with Crippen LogP contribution in [0, 0.1) is 11.8 Å². The van der Waals surface area contributed by atoms with Crippen LogP contribution in [0.25, 0.3) is 0 Å². The number of fused-ring (bicyclic) bond motifs is 1. The summed E-state index contributed by atoms with van der Waals surface area (Å²) in [6.07, 6.45) is 2.85. The molecular formula is C26H35N3O3S. The van der Waals surface area contributed by atoms with Crippen molar-refractivity contribution in [3.63, 3.8) is 0 Å². The van der Waals surface area contributed by atoms with Gasteiger partial charge in [0.15, 0.2) is 0 Å². The van der Waals surface area contributed by atoms with Crippen LogP contribution in [0.4, 0.5) is 5.69 Å². The van der Waals surface area contributed by atoms with E-state index >= 15 is 0 Å². The van der Waals surface area contributed by atoms with E-state index < -0.39 is 16.1 Å². The fraction of sp³-hybridized carbons (Fsp3) is 0.500. The first-order chi connectivity index (χ1) is 15.8. The Morgan fingerprint density at radius 3 is 2.45 bits per heavy atom. The van der Waals surface area contributed by atoms with Crippen molar-refractivity contribution in [3.05, 3.63) is 59.7 Å². The number of nitrogens with one attached hydrogen (secondary N) is 2. The van der Waals surface area contributed by atoms with E-state index in [1.807, 2.05) is 25.1 Å². The molecule has 0 bridgehead atoms. The number of rotatable bonds is 7. The molecule has 178 valence electrons. The average molecular weight is 470 g/mol. The van der Waals surface area contributed by atoms with Gasteiger partial charge in [-0.15, -0.1) is 0 Å². The van der Waals surface area contributed by atoms with Gasteiger partial charge >= 0.3 is 0 Å². The molecule has 2 aromatic carbocycles. The third kappa shape index (κ3) is 5.25. The first-order valence-electron chi connectivity index (χ1n) is 12.0. The number of hydrogen-bond donors (Lipinski definition) is 2. The van der Waals surface area contributed by atoms with E-state index in [0.717, 1.165) is 30.5 Å². The van der Waals surface area contributed by atoms with E-state index in [0.29, 0.717) is 36.4 Å². The zero-order chi connectivity index (χ0) is 23.6. The van der Waals surface area contributed by atoms with Gasteiger partial charge in [-0.1, -0.05) is 51.1 Å². The number of carbonyl (C=O) groups is 1. The number of anilines is 1. The molecule has 2 heterocycles. The summed E-state index contributed by atoms with van der Waals surface area (Å²) in [6, 6.07) is 15.1. The second-order valence-corrected chi connectivity index (χ2v) is 11.7. The van der Waals surface area contributed by atoms with Crippen LogP contribution < -0.4 is 10.6 Å². The average Bonchev–Trinajstić information content (AvgIpc) is 3.12. The number of aryl methyl sites for hydroxylation is 1. The monoisotopic (exact) mass is 469 g/mol. The number of amides is 1. The number of hydrogen-bond acceptors (Lipinski definition) is 4. The van der Waals surface area contributed by atoms with Crippen LogP contribution in [0.3, 0.4) is 0 Å². The van der Waals surface area contributed by atoms with E-state index in [2.05, 4.69) is 36.6 Å². The normalized spacial score (nSPS) is 25.3. The zero-order valence-electron chi connectivity index (χ0n) is 19.8. The van der Waals surface area contributed by atoms with Crippen LogP contribution in [0.2, 0.25) is 0 Å². The lowest BCUT2D eigenvalue weighted by molar-refractivity contribution is -0.122. The minimum Gasteiger partial charge on any atom is -0.373 e. The molecule has 0 saturated carbocycles. The summed E-state index contributed by atoms with van der Waals surface area (Å²) in [5.74, 6) is 0.556. The van der Waals surface area contributed by atoms with Gasteiger partial charge in [0, 0.05) is 31.2 Å². The summed E-state index contributed by atoms with van der Waals surface area (Å²) in [5, 5.41) is 6.33. The lowest BCUT2D eigenvalue weighted by Crippen LogP contribution is -2.42. The first-order valence-corrected chi connectivity index (χ1v) is 13.4. The van der Waals surface area contributed by atoms with Gasteiger partial charge < -0.3 is 10.6 Å². The molecule has 2 aliphatic heterocycles. The quantitative estimate of drug-likeness (QED) is 0.601. The van der Waals surface area contributed by atoms with Gasteiger partial charge in [0.25, 0.3) is 0 Å². The number of sulfonamides is 1. The van der Waals surface area contributed by atoms with Gasteiger partial charge in [0.2, 0.25) is 15.9 Å². The van der Waals surface area contributed by atoms with Crippen molar-refractivity contribution >= 4 is 21.6 Å². The Balaban J connectivity index is 1.39. The lowest BCUT2D eigenvalue weighted by atomic mass is 9.94. The Morgan fingerprint density at radius 1 is 1.06 bits per heavy atom. The van der Waals surface area contributed by atoms with Crippen molar-refractivity contribution in [3.8, 4) is 0 Å². The van der Waals surface area contributed by atoms with Gasteiger partial charge in [0.1, 0.15) is 6.04 Å². The second kappa shape index (κ2) is 9.85. The number of carbonyl (C=O) groups excluding carboxylic acids is 1. The van der Waals surface area contributed by atoms with Crippen molar-refractivity contribution in [2.24, 2.45) is 11.8 Å². The number of piperidine rings is 1. The largest absolute Gasteiger partial charge is 0.373 e. The van der Waals surface area contributed by atoms with Gasteiger partial charge in [-0.25, -0.2) is 8.42 Å². The van der Waals surface area contributed by atoms with Crippen molar-refractivity contribution in [2.75, 3.05) is 25.0 Å². The van der Waals surface area contributed by atoms with Gasteiger partial charge in [-0.05, 0) is 60.4 Å². The predicted molar refractivity (Wildman–Crippen MR) is 132 cm³/mol. The van der Waals surface area contributed by atoms with Crippen molar-refractivity contribution in [2.45, 2.75) is 56.9 Å². The molecule has 7 heteroatoms. The fourth-order valence-electron chi connectivity index (χ4n) is 5.18. The minimum atomic E-state index is -3.55. The Bertz CT molecular complexity index is 1080. The molecule has 0 aromatic heterocycles. The Labute approximate surface area is 197 Å². The molecule has 2 N–H and O–H groups in total. The molecule has 0 aliphatic carbocycles. The molecule has 1 fully saturated rings. The molecule has 1 amide bonds. The Kier molecular flexibility index (Phi) is 7.10. The smallest absolute Gasteiger partial charge is 0.243 e. The predicted octanol–water partition coefficient (Wildman–Crippen LogP) is 4.00. The Hall–Kier alpha value is -2.38. The maximum absolute atomic E-state index is 13.3. The summed E-state index contributed by atoms with van der Waals surface area (Å²) in [4.78, 5) is 13.2. The lowest BCUT2D eigenvalue weighted by Gasteiger charge is -2.34.